The Morgan fingerprint density at radius 2 is 1.59 bits per heavy atom. The molecule has 1 amide bonds. The molecule has 32 heavy (non-hydrogen) atoms. The maximum atomic E-state index is 13.4. The maximum absolute atomic E-state index is 13.4. The van der Waals surface area contributed by atoms with Crippen molar-refractivity contribution in [3.8, 4) is 0 Å². The molecule has 0 saturated heterocycles. The van der Waals surface area contributed by atoms with Gasteiger partial charge in [0.1, 0.15) is 0 Å². The van der Waals surface area contributed by atoms with Crippen LogP contribution in [0.4, 0.5) is 13.2 Å². The number of thioether (sulfide) groups is 1. The van der Waals surface area contributed by atoms with Gasteiger partial charge in [0, 0.05) is 5.92 Å². The van der Waals surface area contributed by atoms with Crippen LogP contribution < -0.4 is 16.8 Å². The van der Waals surface area contributed by atoms with Crippen LogP contribution in [0.3, 0.4) is 0 Å². The number of carboxylic acids is 1. The zero-order valence-corrected chi connectivity index (χ0v) is 18.3. The Kier molecular flexibility index (Phi) is 9.86. The number of hydrogen-bond acceptors (Lipinski definition) is 7. The summed E-state index contributed by atoms with van der Waals surface area (Å²) in [5.41, 5.74) is 9.02. The average Bonchev–Trinajstić information content (AvgIpc) is 2.73. The molecule has 0 aliphatic rings. The number of ketones is 2. The van der Waals surface area contributed by atoms with Crippen molar-refractivity contribution < 1.29 is 37.5 Å². The Bertz CT molecular complexity index is 838. The first-order chi connectivity index (χ1) is 14.8. The van der Waals surface area contributed by atoms with Gasteiger partial charge in [0.2, 0.25) is 0 Å². The van der Waals surface area contributed by atoms with E-state index in [0.717, 1.165) is 0 Å². The zero-order chi connectivity index (χ0) is 24.7. The predicted octanol–water partition coefficient (Wildman–Crippen LogP) is 1.23. The van der Waals surface area contributed by atoms with Crippen LogP contribution in [0.5, 0.6) is 0 Å². The van der Waals surface area contributed by atoms with E-state index < -0.39 is 59.6 Å². The molecule has 0 saturated carbocycles. The highest BCUT2D eigenvalue weighted by Gasteiger charge is 2.57. The molecule has 0 bridgehead atoms. The van der Waals surface area contributed by atoms with Gasteiger partial charge >= 0.3 is 18.1 Å². The van der Waals surface area contributed by atoms with E-state index in [4.69, 9.17) is 16.6 Å². The van der Waals surface area contributed by atoms with Crippen molar-refractivity contribution in [1.82, 2.24) is 5.32 Å². The minimum Gasteiger partial charge on any atom is -0.481 e. The van der Waals surface area contributed by atoms with E-state index >= 15 is 0 Å². The second-order valence-corrected chi connectivity index (χ2v) is 8.20. The fraction of sp³-hybridized carbons (Fsp3) is 0.500. The quantitative estimate of drug-likeness (QED) is 0.328. The highest BCUT2D eigenvalue weighted by atomic mass is 32.2. The first-order valence-corrected chi connectivity index (χ1v) is 10.9. The summed E-state index contributed by atoms with van der Waals surface area (Å²) >= 11 is 1.32. The Labute approximate surface area is 187 Å². The van der Waals surface area contributed by atoms with Crippen LogP contribution in [0.1, 0.15) is 31.2 Å². The van der Waals surface area contributed by atoms with Crippen LogP contribution in [0.15, 0.2) is 30.3 Å². The van der Waals surface area contributed by atoms with Crippen molar-refractivity contribution in [2.75, 3.05) is 12.0 Å². The number of nitrogens with one attached hydrogen (secondary N) is 1. The van der Waals surface area contributed by atoms with E-state index in [-0.39, 0.29) is 12.0 Å². The van der Waals surface area contributed by atoms with Gasteiger partial charge in [-0.2, -0.15) is 24.9 Å². The number of rotatable bonds is 12. The molecule has 0 spiro atoms. The van der Waals surface area contributed by atoms with Gasteiger partial charge in [-0.25, -0.2) is 0 Å². The lowest BCUT2D eigenvalue weighted by Crippen LogP contribution is -2.71. The molecule has 0 radical (unpaired) electrons. The third-order valence-electron chi connectivity index (χ3n) is 5.00. The fourth-order valence-electron chi connectivity index (χ4n) is 3.26. The Balaban J connectivity index is 3.74. The van der Waals surface area contributed by atoms with Crippen LogP contribution in [-0.2, 0) is 19.2 Å². The molecule has 8 nitrogen and oxygen atoms in total. The van der Waals surface area contributed by atoms with Crippen molar-refractivity contribution in [2.45, 2.75) is 49.5 Å². The number of nitrogens with two attached hydrogens (primary N) is 2. The van der Waals surface area contributed by atoms with E-state index in [2.05, 4.69) is 0 Å². The number of carbonyl (C=O) groups is 4. The number of amides is 1. The van der Waals surface area contributed by atoms with Crippen LogP contribution in [0.2, 0.25) is 0 Å². The number of hydrogen-bond donors (Lipinski definition) is 4. The number of aliphatic carboxylic acids is 1. The Hall–Kier alpha value is -2.44. The molecule has 1 aromatic carbocycles. The summed E-state index contributed by atoms with van der Waals surface area (Å²) in [7, 11) is 0. The van der Waals surface area contributed by atoms with Crippen molar-refractivity contribution >= 4 is 35.2 Å². The first kappa shape index (κ1) is 27.6. The Morgan fingerprint density at radius 1 is 1.06 bits per heavy atom. The molecule has 0 aliphatic heterocycles. The molecule has 0 heterocycles. The lowest BCUT2D eigenvalue weighted by Gasteiger charge is -2.40. The van der Waals surface area contributed by atoms with Gasteiger partial charge in [0.25, 0.3) is 0 Å². The summed E-state index contributed by atoms with van der Waals surface area (Å²) in [6.45, 7) is 1.27. The Morgan fingerprint density at radius 3 is 2.06 bits per heavy atom. The fourth-order valence-corrected chi connectivity index (χ4v) is 3.75. The smallest absolute Gasteiger partial charge is 0.471 e. The highest BCUT2D eigenvalue weighted by Crippen LogP contribution is 2.34. The monoisotopic (exact) mass is 477 g/mol. The second kappa shape index (κ2) is 11.4. The van der Waals surface area contributed by atoms with Gasteiger partial charge in [0.15, 0.2) is 17.1 Å². The van der Waals surface area contributed by atoms with E-state index in [0.29, 0.717) is 5.75 Å². The molecule has 4 atom stereocenters. The number of carboxylic acid groups (broad SMARTS) is 1. The molecule has 1 aromatic rings. The second-order valence-electron chi connectivity index (χ2n) is 7.21. The summed E-state index contributed by atoms with van der Waals surface area (Å²) in [6.07, 6.45) is -4.66. The lowest BCUT2D eigenvalue weighted by atomic mass is 9.70. The van der Waals surface area contributed by atoms with Gasteiger partial charge in [0.05, 0.1) is 18.5 Å². The number of Topliss-reactive ketones (excluding diaryl/α,β-unsaturated/α-hetero) is 2. The minimum atomic E-state index is -5.43. The molecule has 1 rings (SSSR count). The van der Waals surface area contributed by atoms with Gasteiger partial charge in [-0.1, -0.05) is 37.3 Å². The molecule has 6 N–H and O–H groups in total. The van der Waals surface area contributed by atoms with Crippen molar-refractivity contribution in [1.29, 1.82) is 0 Å². The molecule has 2 unspecified atom stereocenters. The zero-order valence-electron chi connectivity index (χ0n) is 17.5. The summed E-state index contributed by atoms with van der Waals surface area (Å²) in [6, 6.07) is 4.29. The number of alkyl halides is 3. The van der Waals surface area contributed by atoms with Gasteiger partial charge in [-0.05, 0) is 24.0 Å². The molecule has 0 aliphatic carbocycles. The number of benzene rings is 1. The lowest BCUT2D eigenvalue weighted by molar-refractivity contribution is -0.177. The van der Waals surface area contributed by atoms with E-state index in [1.165, 1.54) is 43.0 Å². The van der Waals surface area contributed by atoms with E-state index in [1.54, 1.807) is 17.6 Å². The van der Waals surface area contributed by atoms with Crippen molar-refractivity contribution in [2.24, 2.45) is 11.5 Å². The summed E-state index contributed by atoms with van der Waals surface area (Å²) in [4.78, 5) is 49.8. The van der Waals surface area contributed by atoms with Crippen molar-refractivity contribution in [3.05, 3.63) is 35.9 Å². The minimum absolute atomic E-state index is 0.00654. The highest BCUT2D eigenvalue weighted by molar-refractivity contribution is 7.98. The van der Waals surface area contributed by atoms with Crippen molar-refractivity contribution in [3.63, 3.8) is 0 Å². The van der Waals surface area contributed by atoms with Gasteiger partial charge in [-0.15, -0.1) is 0 Å². The summed E-state index contributed by atoms with van der Waals surface area (Å²) in [5, 5.41) is 10.6. The number of halogens is 3. The molecular formula is C20H26F3N3O5S. The summed E-state index contributed by atoms with van der Waals surface area (Å²) < 4.78 is 39.6. The van der Waals surface area contributed by atoms with E-state index in [9.17, 15) is 32.3 Å². The maximum Gasteiger partial charge on any atom is 0.471 e. The molecular weight excluding hydrogens is 451 g/mol. The molecule has 178 valence electrons. The first-order valence-electron chi connectivity index (χ1n) is 9.53. The van der Waals surface area contributed by atoms with Crippen LogP contribution >= 0.6 is 11.8 Å². The average molecular weight is 478 g/mol. The van der Waals surface area contributed by atoms with Crippen LogP contribution in [0, 0.1) is 0 Å². The predicted molar refractivity (Wildman–Crippen MR) is 113 cm³/mol. The molecule has 0 aromatic heterocycles. The van der Waals surface area contributed by atoms with Gasteiger partial charge in [-0.3, -0.25) is 19.2 Å². The van der Waals surface area contributed by atoms with Crippen LogP contribution in [0.25, 0.3) is 0 Å². The third-order valence-corrected chi connectivity index (χ3v) is 5.64. The normalized spacial score (nSPS) is 16.3. The standard InChI is InChI=1S/C20H26F3N3O5S/c1-11(12-6-4-3-5-7-12)19(26-18(31)20(21,22)23,16(29)13(24)8-9-32-2)17(30)14(25)10-15(27)28/h3-7,11,13-14H,8-10,24-25H2,1-2H3,(H,26,31)(H,27,28)/t11?,13-,14-,19?/m0/s1. The topological polar surface area (TPSA) is 153 Å². The largest absolute Gasteiger partial charge is 0.481 e. The molecule has 12 heteroatoms. The SMILES string of the molecule is CSCC[C@H](N)C(=O)C(NC(=O)C(F)(F)F)(C(=O)[C@@H](N)CC(=O)O)C(C)c1ccccc1. The van der Waals surface area contributed by atoms with E-state index in [1.807, 2.05) is 0 Å². The number of carbonyl (C=O) groups excluding carboxylic acids is 3. The third kappa shape index (κ3) is 6.53. The summed E-state index contributed by atoms with van der Waals surface area (Å²) in [5.74, 6) is -7.57. The molecule has 0 fully saturated rings. The van der Waals surface area contributed by atoms with Crippen LogP contribution in [-0.4, -0.2) is 64.4 Å². The van der Waals surface area contributed by atoms with Gasteiger partial charge < -0.3 is 21.9 Å².